The zero-order chi connectivity index (χ0) is 27.4. The summed E-state index contributed by atoms with van der Waals surface area (Å²) in [4.78, 5) is 28.9. The fourth-order valence-electron chi connectivity index (χ4n) is 3.16. The first-order chi connectivity index (χ1) is 17.4. The molecule has 0 bridgehead atoms. The molecule has 0 N–H and O–H groups in total. The fraction of sp³-hybridized carbons (Fsp3) is 0.174. The topological polar surface area (TPSA) is 106 Å². The number of rotatable bonds is 9. The SMILES string of the molecule is N#CC(C(=O)C(COc1ncc(C(F)(F)F)cc1Cl)Sc1ccccc1)(c1ccc(Cl)cc1Cl)[N+](=O)[O-]. The summed E-state index contributed by atoms with van der Waals surface area (Å²) in [6, 6.07) is 13.8. The molecule has 7 nitrogen and oxygen atoms in total. The summed E-state index contributed by atoms with van der Waals surface area (Å²) in [5.41, 5.74) is -4.47. The Morgan fingerprint density at radius 2 is 1.81 bits per heavy atom. The van der Waals surface area contributed by atoms with E-state index in [0.29, 0.717) is 17.2 Å². The van der Waals surface area contributed by atoms with E-state index in [9.17, 15) is 33.3 Å². The third-order valence-corrected chi connectivity index (χ3v) is 6.93. The summed E-state index contributed by atoms with van der Waals surface area (Å²) >= 11 is 18.7. The number of hydrogen-bond donors (Lipinski definition) is 0. The molecule has 0 fully saturated rings. The van der Waals surface area contributed by atoms with Gasteiger partial charge >= 0.3 is 11.7 Å². The number of nitriles is 1. The van der Waals surface area contributed by atoms with E-state index >= 15 is 0 Å². The van der Waals surface area contributed by atoms with Crippen LogP contribution in [0.5, 0.6) is 5.88 Å². The van der Waals surface area contributed by atoms with Crippen LogP contribution in [0.3, 0.4) is 0 Å². The zero-order valence-electron chi connectivity index (χ0n) is 18.2. The van der Waals surface area contributed by atoms with Gasteiger partial charge in [-0.25, -0.2) is 4.98 Å². The van der Waals surface area contributed by atoms with Gasteiger partial charge in [-0.1, -0.05) is 53.0 Å². The molecule has 0 aliphatic rings. The van der Waals surface area contributed by atoms with Gasteiger partial charge in [0.15, 0.2) is 6.07 Å². The van der Waals surface area contributed by atoms with E-state index in [1.165, 1.54) is 12.1 Å². The Balaban J connectivity index is 2.03. The minimum Gasteiger partial charge on any atom is -0.475 e. The van der Waals surface area contributed by atoms with Crippen LogP contribution in [0.25, 0.3) is 0 Å². The molecule has 0 saturated heterocycles. The van der Waals surface area contributed by atoms with Crippen molar-refractivity contribution in [2.75, 3.05) is 6.61 Å². The maximum Gasteiger partial charge on any atom is 0.417 e. The molecular weight excluding hydrogens is 578 g/mol. The quantitative estimate of drug-likeness (QED) is 0.152. The van der Waals surface area contributed by atoms with Crippen molar-refractivity contribution < 1.29 is 27.6 Å². The average Bonchev–Trinajstić information content (AvgIpc) is 2.84. The first kappa shape index (κ1) is 28.5. The van der Waals surface area contributed by atoms with Crippen LogP contribution in [-0.4, -0.2) is 27.5 Å². The molecule has 3 aromatic rings. The van der Waals surface area contributed by atoms with Gasteiger partial charge in [-0.2, -0.15) is 18.4 Å². The molecule has 0 radical (unpaired) electrons. The molecule has 192 valence electrons. The zero-order valence-corrected chi connectivity index (χ0v) is 21.3. The third-order valence-electron chi connectivity index (χ3n) is 4.93. The second-order valence-electron chi connectivity index (χ2n) is 7.31. The van der Waals surface area contributed by atoms with Crippen LogP contribution in [-0.2, 0) is 16.5 Å². The molecule has 0 saturated carbocycles. The largest absolute Gasteiger partial charge is 0.475 e. The van der Waals surface area contributed by atoms with Crippen LogP contribution >= 0.6 is 46.6 Å². The van der Waals surface area contributed by atoms with Crippen molar-refractivity contribution in [2.24, 2.45) is 0 Å². The van der Waals surface area contributed by atoms with Crippen molar-refractivity contribution in [1.29, 1.82) is 5.26 Å². The van der Waals surface area contributed by atoms with Crippen molar-refractivity contribution in [3.8, 4) is 11.9 Å². The van der Waals surface area contributed by atoms with Gasteiger partial charge in [0, 0.05) is 16.1 Å². The van der Waals surface area contributed by atoms with E-state index in [2.05, 4.69) is 4.98 Å². The number of benzene rings is 2. The highest BCUT2D eigenvalue weighted by molar-refractivity contribution is 8.00. The highest BCUT2D eigenvalue weighted by Crippen LogP contribution is 2.38. The summed E-state index contributed by atoms with van der Waals surface area (Å²) in [7, 11) is 0. The summed E-state index contributed by atoms with van der Waals surface area (Å²) < 4.78 is 44.2. The molecule has 1 heterocycles. The lowest BCUT2D eigenvalue weighted by atomic mass is 9.86. The molecule has 2 unspecified atom stereocenters. The molecule has 0 aliphatic heterocycles. The Hall–Kier alpha value is -3.04. The smallest absolute Gasteiger partial charge is 0.417 e. The Morgan fingerprint density at radius 1 is 1.14 bits per heavy atom. The average molecular weight is 591 g/mol. The van der Waals surface area contributed by atoms with E-state index < -0.39 is 56.3 Å². The molecule has 1 aromatic heterocycles. The first-order valence-corrected chi connectivity index (χ1v) is 12.0. The van der Waals surface area contributed by atoms with Crippen LogP contribution < -0.4 is 4.74 Å². The second-order valence-corrected chi connectivity index (χ2v) is 9.83. The van der Waals surface area contributed by atoms with Crippen LogP contribution in [0.4, 0.5) is 13.2 Å². The molecule has 2 aromatic carbocycles. The number of nitro groups is 1. The standard InChI is InChI=1S/C23H13Cl3F3N3O4S/c24-14-6-7-16(17(25)9-14)22(12-30,32(34)35)20(33)19(37-15-4-2-1-3-5-15)11-36-21-18(26)8-13(10-31-21)23(27,28)29/h1-10,19H,11H2. The number of nitrogens with zero attached hydrogens (tertiary/aromatic N) is 3. The highest BCUT2D eigenvalue weighted by atomic mass is 35.5. The van der Waals surface area contributed by atoms with Gasteiger partial charge in [-0.3, -0.25) is 14.9 Å². The maximum absolute atomic E-state index is 13.7. The molecule has 3 rings (SSSR count). The van der Waals surface area contributed by atoms with Gasteiger partial charge in [0.2, 0.25) is 11.7 Å². The van der Waals surface area contributed by atoms with E-state index in [4.69, 9.17) is 39.5 Å². The van der Waals surface area contributed by atoms with Crippen molar-refractivity contribution in [1.82, 2.24) is 4.98 Å². The molecule has 37 heavy (non-hydrogen) atoms. The Morgan fingerprint density at radius 3 is 2.35 bits per heavy atom. The predicted molar refractivity (Wildman–Crippen MR) is 132 cm³/mol. The number of ketones is 1. The van der Waals surface area contributed by atoms with Crippen molar-refractivity contribution >= 4 is 52.3 Å². The first-order valence-electron chi connectivity index (χ1n) is 10.0. The van der Waals surface area contributed by atoms with Crippen molar-refractivity contribution in [3.05, 3.63) is 97.1 Å². The maximum atomic E-state index is 13.7. The van der Waals surface area contributed by atoms with Crippen molar-refractivity contribution in [3.63, 3.8) is 0 Å². The number of pyridine rings is 1. The van der Waals surface area contributed by atoms with Gasteiger partial charge in [-0.05, 0) is 36.4 Å². The monoisotopic (exact) mass is 589 g/mol. The van der Waals surface area contributed by atoms with Gasteiger partial charge in [0.25, 0.3) is 0 Å². The molecule has 14 heteroatoms. The second kappa shape index (κ2) is 11.6. The molecule has 2 atom stereocenters. The van der Waals surface area contributed by atoms with Crippen LogP contribution in [0.1, 0.15) is 11.1 Å². The van der Waals surface area contributed by atoms with Crippen LogP contribution in [0.2, 0.25) is 15.1 Å². The summed E-state index contributed by atoms with van der Waals surface area (Å²) in [5, 5.41) is 20.1. The van der Waals surface area contributed by atoms with Crippen molar-refractivity contribution in [2.45, 2.75) is 21.9 Å². The minimum atomic E-state index is -4.70. The van der Waals surface area contributed by atoms with E-state index in [0.717, 1.165) is 23.9 Å². The minimum absolute atomic E-state index is 0.123. The van der Waals surface area contributed by atoms with Gasteiger partial charge in [0.05, 0.1) is 21.1 Å². The van der Waals surface area contributed by atoms with E-state index in [-0.39, 0.29) is 10.0 Å². The number of hydrogen-bond acceptors (Lipinski definition) is 7. The van der Waals surface area contributed by atoms with Gasteiger partial charge < -0.3 is 4.74 Å². The van der Waals surface area contributed by atoms with E-state index in [1.54, 1.807) is 30.3 Å². The normalized spacial score (nSPS) is 13.8. The number of alkyl halides is 3. The summed E-state index contributed by atoms with van der Waals surface area (Å²) in [6.07, 6.45) is -4.21. The molecular formula is C23H13Cl3F3N3O4S. The summed E-state index contributed by atoms with van der Waals surface area (Å²) in [6.45, 7) is -0.626. The van der Waals surface area contributed by atoms with Crippen LogP contribution in [0.15, 0.2) is 65.7 Å². The van der Waals surface area contributed by atoms with Crippen LogP contribution in [0, 0.1) is 21.4 Å². The predicted octanol–water partition coefficient (Wildman–Crippen LogP) is 6.87. The fourth-order valence-corrected chi connectivity index (χ4v) is 4.98. The summed E-state index contributed by atoms with van der Waals surface area (Å²) in [5.74, 6) is -1.63. The Labute approximate surface area is 227 Å². The van der Waals surface area contributed by atoms with Gasteiger partial charge in [-0.15, -0.1) is 11.8 Å². The Bertz CT molecular complexity index is 1370. The highest BCUT2D eigenvalue weighted by Gasteiger charge is 2.57. The number of halogens is 6. The third kappa shape index (κ3) is 6.27. The lowest BCUT2D eigenvalue weighted by Crippen LogP contribution is -2.48. The number of aromatic nitrogens is 1. The number of carbonyl (C=O) groups excluding carboxylic acids is 1. The number of carbonyl (C=O) groups is 1. The van der Waals surface area contributed by atoms with E-state index in [1.807, 2.05) is 0 Å². The number of Topliss-reactive ketones (excluding diaryl/α,β-unsaturated/α-hetero) is 1. The lowest BCUT2D eigenvalue weighted by Gasteiger charge is -2.24. The lowest BCUT2D eigenvalue weighted by molar-refractivity contribution is -0.543. The number of ether oxygens (including phenoxy) is 1. The Kier molecular flexibility index (Phi) is 8.92. The molecule has 0 spiro atoms. The van der Waals surface area contributed by atoms with Gasteiger partial charge in [0.1, 0.15) is 16.9 Å². The number of thioether (sulfide) groups is 1. The molecule has 0 amide bonds. The molecule has 0 aliphatic carbocycles.